The first-order valence-electron chi connectivity index (χ1n) is 7.10. The smallest absolute Gasteiger partial charge is 0.174 e. The molecule has 1 aliphatic rings. The molecule has 0 radical (unpaired) electrons. The number of carbonyl (C=O) groups excluding carboxylic acids is 1. The maximum atomic E-state index is 12.1. The number of nitrogens with one attached hydrogen (secondary N) is 1. The second kappa shape index (κ2) is 5.48. The van der Waals surface area contributed by atoms with Crippen molar-refractivity contribution in [2.45, 2.75) is 44.6 Å². The number of rotatable bonds is 4. The minimum atomic E-state index is -0.0508. The predicted molar refractivity (Wildman–Crippen MR) is 75.4 cm³/mol. The largest absolute Gasteiger partial charge is 0.383 e. The Labute approximate surface area is 117 Å². The van der Waals surface area contributed by atoms with Crippen LogP contribution in [0.2, 0.25) is 0 Å². The van der Waals surface area contributed by atoms with Gasteiger partial charge in [0, 0.05) is 6.20 Å². The highest BCUT2D eigenvalue weighted by molar-refractivity contribution is 6.00. The zero-order valence-electron chi connectivity index (χ0n) is 11.4. The second-order valence-electron chi connectivity index (χ2n) is 5.38. The molecule has 0 unspecified atom stereocenters. The van der Waals surface area contributed by atoms with E-state index in [4.69, 9.17) is 5.73 Å². The summed E-state index contributed by atoms with van der Waals surface area (Å²) in [5, 5.41) is 10.9. The number of aromatic nitrogens is 4. The van der Waals surface area contributed by atoms with Crippen LogP contribution in [0.15, 0.2) is 18.5 Å². The number of Topliss-reactive ketones (excluding diaryl/α,β-unsaturated/α-hetero) is 1. The van der Waals surface area contributed by atoms with E-state index in [1.165, 1.54) is 38.3 Å². The first-order valence-corrected chi connectivity index (χ1v) is 7.10. The molecule has 106 valence electrons. The van der Waals surface area contributed by atoms with Crippen LogP contribution in [-0.4, -0.2) is 25.8 Å². The standard InChI is InChI=1S/C14H19N5O/c15-14-12(9-16-17-14)13(20)8-10-6-7-19(18-10)11-4-2-1-3-5-11/h6-7,9,11H,1-5,8H2,(H3,15,16,17). The van der Waals surface area contributed by atoms with Gasteiger partial charge in [0.15, 0.2) is 5.78 Å². The van der Waals surface area contributed by atoms with E-state index in [1.54, 1.807) is 0 Å². The molecule has 2 aromatic rings. The number of hydrogen-bond donors (Lipinski definition) is 2. The number of ketones is 1. The molecular formula is C14H19N5O. The lowest BCUT2D eigenvalue weighted by Gasteiger charge is -2.21. The lowest BCUT2D eigenvalue weighted by Crippen LogP contribution is -2.14. The fourth-order valence-electron chi connectivity index (χ4n) is 2.80. The van der Waals surface area contributed by atoms with Gasteiger partial charge in [-0.2, -0.15) is 10.2 Å². The van der Waals surface area contributed by atoms with E-state index >= 15 is 0 Å². The number of aromatic amines is 1. The molecule has 3 N–H and O–H groups in total. The van der Waals surface area contributed by atoms with Crippen LogP contribution in [0.1, 0.15) is 54.2 Å². The first-order chi connectivity index (χ1) is 9.74. The molecule has 2 aromatic heterocycles. The molecule has 0 bridgehead atoms. The Morgan fingerprint density at radius 2 is 2.20 bits per heavy atom. The third kappa shape index (κ3) is 2.59. The van der Waals surface area contributed by atoms with Crippen LogP contribution in [0.3, 0.4) is 0 Å². The highest BCUT2D eigenvalue weighted by Gasteiger charge is 2.18. The highest BCUT2D eigenvalue weighted by atomic mass is 16.1. The summed E-state index contributed by atoms with van der Waals surface area (Å²) in [6.07, 6.45) is 9.95. The fraction of sp³-hybridized carbons (Fsp3) is 0.500. The van der Waals surface area contributed by atoms with Gasteiger partial charge in [0.25, 0.3) is 0 Å². The fourth-order valence-corrected chi connectivity index (χ4v) is 2.80. The predicted octanol–water partition coefficient (Wildman–Crippen LogP) is 2.12. The van der Waals surface area contributed by atoms with E-state index in [0.29, 0.717) is 17.4 Å². The van der Waals surface area contributed by atoms with Crippen molar-refractivity contribution in [1.82, 2.24) is 20.0 Å². The van der Waals surface area contributed by atoms with Gasteiger partial charge in [-0.15, -0.1) is 0 Å². The van der Waals surface area contributed by atoms with Crippen LogP contribution < -0.4 is 5.73 Å². The van der Waals surface area contributed by atoms with Crippen molar-refractivity contribution in [3.8, 4) is 0 Å². The minimum absolute atomic E-state index is 0.0508. The van der Waals surface area contributed by atoms with Gasteiger partial charge in [-0.05, 0) is 18.9 Å². The van der Waals surface area contributed by atoms with E-state index < -0.39 is 0 Å². The molecule has 0 saturated heterocycles. The molecule has 0 aliphatic heterocycles. The van der Waals surface area contributed by atoms with Crippen LogP contribution in [-0.2, 0) is 6.42 Å². The number of nitrogen functional groups attached to an aromatic ring is 1. The summed E-state index contributed by atoms with van der Waals surface area (Å²) >= 11 is 0. The number of H-pyrrole nitrogens is 1. The Kier molecular flexibility index (Phi) is 3.54. The van der Waals surface area contributed by atoms with E-state index in [0.717, 1.165) is 5.69 Å². The Hall–Kier alpha value is -2.11. The van der Waals surface area contributed by atoms with E-state index in [9.17, 15) is 4.79 Å². The zero-order chi connectivity index (χ0) is 13.9. The molecule has 0 amide bonds. The van der Waals surface area contributed by atoms with Crippen molar-refractivity contribution in [3.05, 3.63) is 29.7 Å². The topological polar surface area (TPSA) is 89.6 Å². The number of nitrogens with zero attached hydrogens (tertiary/aromatic N) is 3. The van der Waals surface area contributed by atoms with Gasteiger partial charge in [0.2, 0.25) is 0 Å². The van der Waals surface area contributed by atoms with Gasteiger partial charge in [0.1, 0.15) is 5.82 Å². The normalized spacial score (nSPS) is 16.4. The second-order valence-corrected chi connectivity index (χ2v) is 5.38. The third-order valence-electron chi connectivity index (χ3n) is 3.92. The van der Waals surface area contributed by atoms with Crippen LogP contribution in [0.4, 0.5) is 5.82 Å². The average Bonchev–Trinajstić information content (AvgIpc) is 3.09. The monoisotopic (exact) mass is 273 g/mol. The Morgan fingerprint density at radius 3 is 2.90 bits per heavy atom. The molecule has 0 aromatic carbocycles. The van der Waals surface area contributed by atoms with Gasteiger partial charge >= 0.3 is 0 Å². The maximum Gasteiger partial charge on any atom is 0.174 e. The lowest BCUT2D eigenvalue weighted by atomic mass is 9.96. The van der Waals surface area contributed by atoms with Crippen molar-refractivity contribution in [1.29, 1.82) is 0 Å². The van der Waals surface area contributed by atoms with E-state index in [-0.39, 0.29) is 12.2 Å². The van der Waals surface area contributed by atoms with Crippen molar-refractivity contribution in [2.24, 2.45) is 0 Å². The first kappa shape index (κ1) is 12.9. The molecule has 0 atom stereocenters. The van der Waals surface area contributed by atoms with E-state index in [2.05, 4.69) is 15.3 Å². The molecule has 2 heterocycles. The summed E-state index contributed by atoms with van der Waals surface area (Å²) in [6, 6.07) is 2.41. The van der Waals surface area contributed by atoms with Gasteiger partial charge in [-0.1, -0.05) is 19.3 Å². The van der Waals surface area contributed by atoms with Gasteiger partial charge < -0.3 is 5.73 Å². The summed E-state index contributed by atoms with van der Waals surface area (Å²) in [5.41, 5.74) is 6.89. The van der Waals surface area contributed by atoms with Crippen molar-refractivity contribution in [3.63, 3.8) is 0 Å². The number of carbonyl (C=O) groups is 1. The van der Waals surface area contributed by atoms with Crippen LogP contribution in [0.5, 0.6) is 0 Å². The van der Waals surface area contributed by atoms with Gasteiger partial charge in [-0.25, -0.2) is 0 Å². The molecule has 6 heteroatoms. The van der Waals surface area contributed by atoms with Crippen molar-refractivity contribution in [2.75, 3.05) is 5.73 Å². The van der Waals surface area contributed by atoms with Crippen LogP contribution in [0.25, 0.3) is 0 Å². The third-order valence-corrected chi connectivity index (χ3v) is 3.92. The quantitative estimate of drug-likeness (QED) is 0.835. The Bertz CT molecular complexity index is 594. The van der Waals surface area contributed by atoms with Gasteiger partial charge in [0.05, 0.1) is 29.9 Å². The molecular weight excluding hydrogens is 254 g/mol. The van der Waals surface area contributed by atoms with Crippen LogP contribution in [0, 0.1) is 0 Å². The summed E-state index contributed by atoms with van der Waals surface area (Å²) in [5.74, 6) is 0.270. The summed E-state index contributed by atoms with van der Waals surface area (Å²) in [7, 11) is 0. The Balaban J connectivity index is 1.68. The Morgan fingerprint density at radius 1 is 1.40 bits per heavy atom. The van der Waals surface area contributed by atoms with Crippen LogP contribution >= 0.6 is 0 Å². The SMILES string of the molecule is Nc1[nH]ncc1C(=O)Cc1ccn(C2CCCCC2)n1. The number of anilines is 1. The number of nitrogens with two attached hydrogens (primary N) is 1. The number of hydrogen-bond acceptors (Lipinski definition) is 4. The summed E-state index contributed by atoms with van der Waals surface area (Å²) in [4.78, 5) is 12.1. The van der Waals surface area contributed by atoms with Crippen molar-refractivity contribution >= 4 is 11.6 Å². The average molecular weight is 273 g/mol. The van der Waals surface area contributed by atoms with E-state index in [1.807, 2.05) is 16.9 Å². The molecule has 3 rings (SSSR count). The molecule has 20 heavy (non-hydrogen) atoms. The zero-order valence-corrected chi connectivity index (χ0v) is 11.4. The maximum absolute atomic E-state index is 12.1. The molecule has 6 nitrogen and oxygen atoms in total. The summed E-state index contributed by atoms with van der Waals surface area (Å²) in [6.45, 7) is 0. The molecule has 1 aliphatic carbocycles. The minimum Gasteiger partial charge on any atom is -0.383 e. The lowest BCUT2D eigenvalue weighted by molar-refractivity contribution is 0.0992. The molecule has 1 saturated carbocycles. The highest BCUT2D eigenvalue weighted by Crippen LogP contribution is 2.27. The summed E-state index contributed by atoms with van der Waals surface area (Å²) < 4.78 is 2.01. The van der Waals surface area contributed by atoms with Crippen molar-refractivity contribution < 1.29 is 4.79 Å². The van der Waals surface area contributed by atoms with Gasteiger partial charge in [-0.3, -0.25) is 14.6 Å². The molecule has 0 spiro atoms. The molecule has 1 fully saturated rings.